The van der Waals surface area contributed by atoms with Crippen molar-refractivity contribution in [2.24, 2.45) is 0 Å². The van der Waals surface area contributed by atoms with E-state index in [0.29, 0.717) is 19.5 Å². The Morgan fingerprint density at radius 2 is 1.76 bits per heavy atom. The number of para-hydroxylation sites is 1. The number of carbonyl (C=O) groups is 2. The number of likely N-dealkylation sites (N-methyl/N-ethyl adjacent to an activating group) is 1. The molecular weight excluding hydrogens is 493 g/mol. The molecule has 1 saturated heterocycles. The number of rotatable bonds is 8. The van der Waals surface area contributed by atoms with Gasteiger partial charge in [0.15, 0.2) is 0 Å². The number of carbonyl (C=O) groups excluding carboxylic acids is 2. The Morgan fingerprint density at radius 1 is 1.09 bits per heavy atom. The van der Waals surface area contributed by atoms with Crippen molar-refractivity contribution >= 4 is 17.8 Å². The van der Waals surface area contributed by atoms with Crippen LogP contribution in [0, 0.1) is 6.92 Å². The van der Waals surface area contributed by atoms with Crippen LogP contribution in [0.5, 0.6) is 0 Å². The van der Waals surface area contributed by atoms with Crippen molar-refractivity contribution < 1.29 is 47.0 Å². The number of hydrogen-bond donors (Lipinski definition) is 2. The van der Waals surface area contributed by atoms with E-state index in [0.717, 1.165) is 49.3 Å². The molecule has 175 valence electrons. The first kappa shape index (κ1) is 27.3. The summed E-state index contributed by atoms with van der Waals surface area (Å²) in [7, 11) is 1.80. The fourth-order valence-electron chi connectivity index (χ4n) is 3.73. The average molecular weight is 526 g/mol. The number of likely N-dealkylation sites (tertiary alicyclic amines) is 1. The second kappa shape index (κ2) is 14.3. The second-order valence-corrected chi connectivity index (χ2v) is 7.99. The fourth-order valence-corrected chi connectivity index (χ4v) is 3.73. The number of piperidine rings is 1. The van der Waals surface area contributed by atoms with Gasteiger partial charge in [-0.3, -0.25) is 5.32 Å². The first-order valence-electron chi connectivity index (χ1n) is 11.2. The van der Waals surface area contributed by atoms with Crippen LogP contribution < -0.4 is 10.6 Å². The summed E-state index contributed by atoms with van der Waals surface area (Å²) in [6.45, 7) is 7.45. The van der Waals surface area contributed by atoms with Gasteiger partial charge in [0.1, 0.15) is 6.10 Å². The Bertz CT molecular complexity index is 873. The van der Waals surface area contributed by atoms with Gasteiger partial charge in [0.2, 0.25) is 0 Å². The van der Waals surface area contributed by atoms with Crippen LogP contribution in [-0.2, 0) is 37.4 Å². The number of benzene rings is 2. The molecule has 0 unspecified atom stereocenters. The van der Waals surface area contributed by atoms with Gasteiger partial charge in [0.25, 0.3) is 0 Å². The van der Waals surface area contributed by atoms with Crippen molar-refractivity contribution in [3.8, 4) is 11.1 Å². The molecule has 1 aliphatic rings. The number of nitrogens with one attached hydrogen (secondary N) is 2. The third-order valence-corrected chi connectivity index (χ3v) is 5.61. The zero-order valence-electron chi connectivity index (χ0n) is 19.3. The summed E-state index contributed by atoms with van der Waals surface area (Å²) in [5, 5.41) is 5.73. The maximum Gasteiger partial charge on any atom is 0.411 e. The summed E-state index contributed by atoms with van der Waals surface area (Å²) in [6.07, 6.45) is 1.72. The van der Waals surface area contributed by atoms with Crippen LogP contribution in [0.1, 0.15) is 19.3 Å². The smallest absolute Gasteiger partial charge is 0.411 e. The van der Waals surface area contributed by atoms with Gasteiger partial charge in [-0.2, -0.15) is 6.42 Å². The van der Waals surface area contributed by atoms with Crippen molar-refractivity contribution in [2.45, 2.75) is 25.4 Å². The Balaban J connectivity index is 0.00000385. The Hall–Kier alpha value is -1.96. The monoisotopic (exact) mass is 526 g/mol. The number of nitrogens with zero attached hydrogens (tertiary/aromatic N) is 2. The van der Waals surface area contributed by atoms with Crippen LogP contribution in [0.3, 0.4) is 0 Å². The van der Waals surface area contributed by atoms with Crippen molar-refractivity contribution in [1.82, 2.24) is 15.1 Å². The quantitative estimate of drug-likeness (QED) is 0.505. The third-order valence-electron chi connectivity index (χ3n) is 5.61. The van der Waals surface area contributed by atoms with Gasteiger partial charge in [-0.25, -0.2) is 9.59 Å². The summed E-state index contributed by atoms with van der Waals surface area (Å²) >= 11 is 0. The van der Waals surface area contributed by atoms with Crippen LogP contribution in [0.2, 0.25) is 0 Å². The predicted octanol–water partition coefficient (Wildman–Crippen LogP) is 4.23. The van der Waals surface area contributed by atoms with E-state index in [9.17, 15) is 9.59 Å². The molecule has 1 aliphatic heterocycles. The largest absolute Gasteiger partial charge is 0.446 e. The summed E-state index contributed by atoms with van der Waals surface area (Å²) < 4.78 is 5.69. The number of urea groups is 1. The molecule has 8 heteroatoms. The zero-order chi connectivity index (χ0) is 22.8. The number of hydrogen-bond acceptors (Lipinski definition) is 4. The Morgan fingerprint density at radius 3 is 2.45 bits per heavy atom. The first-order valence-corrected chi connectivity index (χ1v) is 11.2. The molecule has 0 aromatic heterocycles. The molecule has 0 atom stereocenters. The number of anilines is 1. The van der Waals surface area contributed by atoms with Crippen molar-refractivity contribution in [1.29, 1.82) is 0 Å². The van der Waals surface area contributed by atoms with Crippen LogP contribution in [0.15, 0.2) is 54.6 Å². The van der Waals surface area contributed by atoms with Gasteiger partial charge in [0.05, 0.1) is 5.69 Å². The number of amides is 3. The van der Waals surface area contributed by atoms with E-state index < -0.39 is 6.09 Å². The third kappa shape index (κ3) is 8.72. The van der Waals surface area contributed by atoms with E-state index >= 15 is 0 Å². The summed E-state index contributed by atoms with van der Waals surface area (Å²) in [6, 6.07) is 17.6. The van der Waals surface area contributed by atoms with Crippen LogP contribution >= 0.6 is 0 Å². The van der Waals surface area contributed by atoms with E-state index in [1.165, 1.54) is 0 Å². The fraction of sp³-hybridized carbons (Fsp3) is 0.400. The molecule has 1 radical (unpaired) electrons. The minimum atomic E-state index is -0.423. The van der Waals surface area contributed by atoms with Gasteiger partial charge in [-0.1, -0.05) is 48.5 Å². The van der Waals surface area contributed by atoms with E-state index in [1.54, 1.807) is 11.9 Å². The standard InChI is InChI=1S/C25H33N4O3.Y/c1-3-15-26-24(30)28(2)18-19-29-16-13-21(14-17-29)32-25(31)27-23-12-8-7-11-22(23)20-9-5-4-6-10-20;/h4-12,21H,1,3,13-19H2,2H3,(H,26,30)(H,27,31);/q-1;. The first-order chi connectivity index (χ1) is 15.6. The van der Waals surface area contributed by atoms with Gasteiger partial charge >= 0.3 is 12.1 Å². The van der Waals surface area contributed by atoms with Gasteiger partial charge in [-0.05, 0) is 31.0 Å². The molecule has 7 nitrogen and oxygen atoms in total. The Kier molecular flexibility index (Phi) is 11.9. The molecule has 2 aromatic carbocycles. The maximum atomic E-state index is 12.5. The van der Waals surface area contributed by atoms with Gasteiger partial charge in [-0.15, -0.1) is 0 Å². The predicted molar refractivity (Wildman–Crippen MR) is 127 cm³/mol. The van der Waals surface area contributed by atoms with E-state index in [4.69, 9.17) is 4.74 Å². The molecular formula is C25H33N4O3Y-. The van der Waals surface area contributed by atoms with E-state index in [1.807, 2.05) is 54.6 Å². The summed E-state index contributed by atoms with van der Waals surface area (Å²) in [5.41, 5.74) is 2.74. The molecule has 1 fully saturated rings. The molecule has 2 aromatic rings. The van der Waals surface area contributed by atoms with Crippen molar-refractivity contribution in [3.63, 3.8) is 0 Å². The molecule has 0 spiro atoms. The zero-order valence-corrected chi connectivity index (χ0v) is 22.2. The molecule has 1 heterocycles. The van der Waals surface area contributed by atoms with Crippen LogP contribution in [0.4, 0.5) is 15.3 Å². The van der Waals surface area contributed by atoms with Crippen LogP contribution in [0.25, 0.3) is 11.1 Å². The summed E-state index contributed by atoms with van der Waals surface area (Å²) in [5.74, 6) is 0. The van der Waals surface area contributed by atoms with Crippen molar-refractivity contribution in [2.75, 3.05) is 45.1 Å². The molecule has 0 aliphatic carbocycles. The minimum Gasteiger partial charge on any atom is -0.446 e. The SMILES string of the molecule is [CH2-]CCNC(=O)N(C)CCN1CCC(OC(=O)Nc2ccccc2-c2ccccc2)CC1.[Y]. The molecule has 3 amide bonds. The summed E-state index contributed by atoms with van der Waals surface area (Å²) in [4.78, 5) is 28.4. The molecule has 0 bridgehead atoms. The van der Waals surface area contributed by atoms with Crippen molar-refractivity contribution in [3.05, 3.63) is 61.5 Å². The second-order valence-electron chi connectivity index (χ2n) is 7.99. The maximum absolute atomic E-state index is 12.5. The topological polar surface area (TPSA) is 73.9 Å². The molecule has 2 N–H and O–H groups in total. The number of ether oxygens (including phenoxy) is 1. The van der Waals surface area contributed by atoms with E-state index in [-0.39, 0.29) is 44.8 Å². The molecule has 3 rings (SSSR count). The molecule has 33 heavy (non-hydrogen) atoms. The minimum absolute atomic E-state index is 0. The Labute approximate surface area is 222 Å². The van der Waals surface area contributed by atoms with Gasteiger partial charge < -0.3 is 26.8 Å². The van der Waals surface area contributed by atoms with Gasteiger partial charge in [0, 0.05) is 71.5 Å². The molecule has 0 saturated carbocycles. The van der Waals surface area contributed by atoms with E-state index in [2.05, 4.69) is 22.5 Å². The van der Waals surface area contributed by atoms with Crippen LogP contribution in [-0.4, -0.2) is 67.8 Å². The normalized spacial score (nSPS) is 14.1. The average Bonchev–Trinajstić information content (AvgIpc) is 2.82.